The summed E-state index contributed by atoms with van der Waals surface area (Å²) in [4.78, 5) is 25.3. The number of carbonyl (C=O) groups is 1. The molecule has 6 nitrogen and oxygen atoms in total. The van der Waals surface area contributed by atoms with Gasteiger partial charge in [0.15, 0.2) is 4.32 Å². The Kier molecular flexibility index (Phi) is 6.64. The molecule has 178 valence electrons. The molecule has 0 radical (unpaired) electrons. The summed E-state index contributed by atoms with van der Waals surface area (Å²) in [6, 6.07) is 15.7. The van der Waals surface area contributed by atoms with Crippen LogP contribution in [-0.2, 0) is 11.0 Å². The standard InChI is InChI=1S/C24H15F3N2O4S2/c1-14-5-4-7-17(11-14)28-22(30)21(35-23(28)34)12-15-6-2-3-8-19(15)33-20-10-9-16(24(25,26)27)13-18(20)29(31)32/h2-13H,1H3/b21-12-. The van der Waals surface area contributed by atoms with Gasteiger partial charge in [-0.15, -0.1) is 0 Å². The summed E-state index contributed by atoms with van der Waals surface area (Å²) in [7, 11) is 0. The van der Waals surface area contributed by atoms with E-state index in [2.05, 4.69) is 0 Å². The van der Waals surface area contributed by atoms with E-state index in [0.29, 0.717) is 32.6 Å². The molecule has 0 aliphatic carbocycles. The zero-order valence-corrected chi connectivity index (χ0v) is 19.5. The predicted octanol–water partition coefficient (Wildman–Crippen LogP) is 7.12. The Hall–Kier alpha value is -3.70. The Morgan fingerprint density at radius 1 is 1.06 bits per heavy atom. The first-order chi connectivity index (χ1) is 16.5. The third kappa shape index (κ3) is 5.20. The summed E-state index contributed by atoms with van der Waals surface area (Å²) in [5, 5.41) is 11.4. The molecule has 0 atom stereocenters. The minimum Gasteiger partial charge on any atom is -0.449 e. The average Bonchev–Trinajstić information content (AvgIpc) is 3.07. The number of thioether (sulfide) groups is 1. The van der Waals surface area contributed by atoms with Crippen molar-refractivity contribution in [3.8, 4) is 11.5 Å². The number of rotatable bonds is 5. The van der Waals surface area contributed by atoms with Gasteiger partial charge in [0.2, 0.25) is 5.75 Å². The fraction of sp³-hybridized carbons (Fsp3) is 0.0833. The zero-order valence-electron chi connectivity index (χ0n) is 17.9. The Labute approximate surface area is 207 Å². The van der Waals surface area contributed by atoms with Gasteiger partial charge in [0.05, 0.1) is 21.1 Å². The van der Waals surface area contributed by atoms with Crippen LogP contribution in [0, 0.1) is 17.0 Å². The third-order valence-electron chi connectivity index (χ3n) is 4.96. The fourth-order valence-corrected chi connectivity index (χ4v) is 4.62. The van der Waals surface area contributed by atoms with E-state index >= 15 is 0 Å². The maximum atomic E-state index is 13.1. The molecule has 0 spiro atoms. The highest BCUT2D eigenvalue weighted by Gasteiger charge is 2.35. The minimum atomic E-state index is -4.74. The van der Waals surface area contributed by atoms with Crippen molar-refractivity contribution in [2.75, 3.05) is 4.90 Å². The Morgan fingerprint density at radius 2 is 1.80 bits per heavy atom. The number of para-hydroxylation sites is 1. The number of halogens is 3. The van der Waals surface area contributed by atoms with Crippen LogP contribution in [-0.4, -0.2) is 15.2 Å². The zero-order chi connectivity index (χ0) is 25.3. The predicted molar refractivity (Wildman–Crippen MR) is 131 cm³/mol. The number of amides is 1. The van der Waals surface area contributed by atoms with E-state index in [0.717, 1.165) is 23.4 Å². The number of hydrogen-bond donors (Lipinski definition) is 0. The first-order valence-corrected chi connectivity index (χ1v) is 11.2. The van der Waals surface area contributed by atoms with Crippen molar-refractivity contribution < 1.29 is 27.6 Å². The Morgan fingerprint density at radius 3 is 2.49 bits per heavy atom. The number of carbonyl (C=O) groups excluding carboxylic acids is 1. The van der Waals surface area contributed by atoms with Crippen LogP contribution in [0.1, 0.15) is 16.7 Å². The summed E-state index contributed by atoms with van der Waals surface area (Å²) in [5.74, 6) is -0.590. The Balaban J connectivity index is 1.68. The van der Waals surface area contributed by atoms with Crippen LogP contribution in [0.15, 0.2) is 71.6 Å². The largest absolute Gasteiger partial charge is 0.449 e. The molecule has 3 aromatic rings. The van der Waals surface area contributed by atoms with Gasteiger partial charge in [0.1, 0.15) is 5.75 Å². The van der Waals surface area contributed by atoms with Crippen LogP contribution in [0.5, 0.6) is 11.5 Å². The number of nitro benzene ring substituents is 1. The van der Waals surface area contributed by atoms with Crippen LogP contribution < -0.4 is 9.64 Å². The quantitative estimate of drug-likeness (QED) is 0.156. The van der Waals surface area contributed by atoms with Gasteiger partial charge in [0, 0.05) is 11.6 Å². The molecule has 0 unspecified atom stereocenters. The molecule has 11 heteroatoms. The molecule has 1 aliphatic rings. The first-order valence-electron chi connectivity index (χ1n) is 10.0. The van der Waals surface area contributed by atoms with Gasteiger partial charge in [-0.1, -0.05) is 54.3 Å². The molecular weight excluding hydrogens is 501 g/mol. The topological polar surface area (TPSA) is 72.7 Å². The maximum Gasteiger partial charge on any atom is 0.416 e. The normalized spacial score (nSPS) is 15.1. The highest BCUT2D eigenvalue weighted by molar-refractivity contribution is 8.27. The van der Waals surface area contributed by atoms with Crippen molar-refractivity contribution in [3.63, 3.8) is 0 Å². The number of benzene rings is 3. The molecule has 1 aliphatic heterocycles. The lowest BCUT2D eigenvalue weighted by atomic mass is 10.1. The molecular formula is C24H15F3N2O4S2. The number of ether oxygens (including phenoxy) is 1. The highest BCUT2D eigenvalue weighted by atomic mass is 32.2. The van der Waals surface area contributed by atoms with E-state index in [1.807, 2.05) is 25.1 Å². The number of alkyl halides is 3. The van der Waals surface area contributed by atoms with Crippen molar-refractivity contribution >= 4 is 51.7 Å². The van der Waals surface area contributed by atoms with Crippen LogP contribution in [0.25, 0.3) is 6.08 Å². The maximum absolute atomic E-state index is 13.1. The molecule has 0 saturated carbocycles. The van der Waals surface area contributed by atoms with Crippen LogP contribution >= 0.6 is 24.0 Å². The smallest absolute Gasteiger partial charge is 0.416 e. The van der Waals surface area contributed by atoms with Crippen LogP contribution in [0.3, 0.4) is 0 Å². The lowest BCUT2D eigenvalue weighted by Crippen LogP contribution is -2.27. The van der Waals surface area contributed by atoms with E-state index in [9.17, 15) is 28.1 Å². The van der Waals surface area contributed by atoms with E-state index in [1.54, 1.807) is 24.3 Å². The average molecular weight is 517 g/mol. The van der Waals surface area contributed by atoms with E-state index < -0.39 is 22.4 Å². The molecule has 0 bridgehead atoms. The SMILES string of the molecule is Cc1cccc(N2C(=O)/C(=C/c3ccccc3Oc3ccc(C(F)(F)F)cc3[N+](=O)[O-])SC2=S)c1. The van der Waals surface area contributed by atoms with Crippen LogP contribution in [0.2, 0.25) is 0 Å². The molecule has 1 saturated heterocycles. The second-order valence-electron chi connectivity index (χ2n) is 7.43. The number of nitro groups is 1. The minimum absolute atomic E-state index is 0.121. The number of anilines is 1. The molecule has 3 aromatic carbocycles. The number of thiocarbonyl (C=S) groups is 1. The molecule has 1 amide bonds. The van der Waals surface area contributed by atoms with Gasteiger partial charge in [-0.25, -0.2) is 0 Å². The second kappa shape index (κ2) is 9.51. The van der Waals surface area contributed by atoms with Crippen molar-refractivity contribution in [1.29, 1.82) is 0 Å². The summed E-state index contributed by atoms with van der Waals surface area (Å²) >= 11 is 6.48. The number of hydrogen-bond acceptors (Lipinski definition) is 6. The van der Waals surface area contributed by atoms with Gasteiger partial charge in [-0.05, 0) is 48.9 Å². The summed E-state index contributed by atoms with van der Waals surface area (Å²) < 4.78 is 45.0. The molecule has 4 rings (SSSR count). The molecule has 0 aromatic heterocycles. The van der Waals surface area contributed by atoms with Gasteiger partial charge in [-0.2, -0.15) is 13.2 Å². The third-order valence-corrected chi connectivity index (χ3v) is 6.26. The van der Waals surface area contributed by atoms with Crippen molar-refractivity contribution in [2.24, 2.45) is 0 Å². The highest BCUT2D eigenvalue weighted by Crippen LogP contribution is 2.40. The van der Waals surface area contributed by atoms with Crippen molar-refractivity contribution in [2.45, 2.75) is 13.1 Å². The lowest BCUT2D eigenvalue weighted by Gasteiger charge is -2.15. The lowest BCUT2D eigenvalue weighted by molar-refractivity contribution is -0.385. The summed E-state index contributed by atoms with van der Waals surface area (Å²) in [6.45, 7) is 1.89. The van der Waals surface area contributed by atoms with Gasteiger partial charge in [-0.3, -0.25) is 19.8 Å². The monoisotopic (exact) mass is 516 g/mol. The summed E-state index contributed by atoms with van der Waals surface area (Å²) in [6.07, 6.45) is -3.21. The molecule has 1 fully saturated rings. The van der Waals surface area contributed by atoms with E-state index in [4.69, 9.17) is 17.0 Å². The van der Waals surface area contributed by atoms with Crippen molar-refractivity contribution in [1.82, 2.24) is 0 Å². The van der Waals surface area contributed by atoms with Gasteiger partial charge < -0.3 is 4.74 Å². The number of aryl methyl sites for hydroxylation is 1. The molecule has 35 heavy (non-hydrogen) atoms. The van der Waals surface area contributed by atoms with Crippen LogP contribution in [0.4, 0.5) is 24.5 Å². The molecule has 1 heterocycles. The molecule has 0 N–H and O–H groups in total. The summed E-state index contributed by atoms with van der Waals surface area (Å²) in [5.41, 5.74) is -0.0188. The Bertz CT molecular complexity index is 1390. The fourth-order valence-electron chi connectivity index (χ4n) is 3.33. The van der Waals surface area contributed by atoms with Crippen molar-refractivity contribution in [3.05, 3.63) is 98.4 Å². The van der Waals surface area contributed by atoms with Gasteiger partial charge in [0.25, 0.3) is 5.91 Å². The second-order valence-corrected chi connectivity index (χ2v) is 9.11. The number of nitrogens with zero attached hydrogens (tertiary/aromatic N) is 2. The van der Waals surface area contributed by atoms with E-state index in [-0.39, 0.29) is 17.4 Å². The van der Waals surface area contributed by atoms with Gasteiger partial charge >= 0.3 is 11.9 Å². The van der Waals surface area contributed by atoms with E-state index in [1.165, 1.54) is 17.0 Å². The first kappa shape index (κ1) is 24.4.